The third-order valence-electron chi connectivity index (χ3n) is 2.10. The zero-order valence-electron chi connectivity index (χ0n) is 8.83. The van der Waals surface area contributed by atoms with Gasteiger partial charge in [0, 0.05) is 5.41 Å². The minimum Gasteiger partial charge on any atom is -0.500 e. The van der Waals surface area contributed by atoms with Crippen molar-refractivity contribution in [3.05, 3.63) is 11.8 Å². The average molecular weight is 200 g/mol. The lowest BCUT2D eigenvalue weighted by atomic mass is 9.90. The van der Waals surface area contributed by atoms with Crippen LogP contribution in [0.3, 0.4) is 0 Å². The van der Waals surface area contributed by atoms with E-state index in [0.717, 1.165) is 13.2 Å². The Morgan fingerprint density at radius 3 is 2.64 bits per heavy atom. The molecule has 0 aromatic carbocycles. The summed E-state index contributed by atoms with van der Waals surface area (Å²) < 4.78 is 14.9. The van der Waals surface area contributed by atoms with Crippen LogP contribution in [0.2, 0.25) is 0 Å². The van der Waals surface area contributed by atoms with E-state index >= 15 is 0 Å². The fourth-order valence-electron chi connectivity index (χ4n) is 1.11. The quantitative estimate of drug-likeness (QED) is 0.387. The van der Waals surface area contributed by atoms with Crippen LogP contribution in [0, 0.1) is 5.41 Å². The van der Waals surface area contributed by atoms with Crippen molar-refractivity contribution >= 4 is 5.97 Å². The Kier molecular flexibility index (Phi) is 3.52. The van der Waals surface area contributed by atoms with Gasteiger partial charge in [-0.25, -0.2) is 4.79 Å². The molecule has 0 atom stereocenters. The highest BCUT2D eigenvalue weighted by molar-refractivity contribution is 5.87. The van der Waals surface area contributed by atoms with E-state index in [1.165, 1.54) is 13.4 Å². The van der Waals surface area contributed by atoms with Gasteiger partial charge in [-0.3, -0.25) is 0 Å². The van der Waals surface area contributed by atoms with E-state index in [4.69, 9.17) is 9.47 Å². The molecule has 0 N–H and O–H groups in total. The molecule has 80 valence electrons. The van der Waals surface area contributed by atoms with Crippen molar-refractivity contribution in [2.75, 3.05) is 26.9 Å². The number of carbonyl (C=O) groups is 1. The molecule has 0 aromatic heterocycles. The van der Waals surface area contributed by atoms with Crippen LogP contribution in [0.4, 0.5) is 0 Å². The maximum absolute atomic E-state index is 11.0. The number of ether oxygens (including phenoxy) is 3. The van der Waals surface area contributed by atoms with Crippen LogP contribution in [0.1, 0.15) is 13.8 Å². The van der Waals surface area contributed by atoms with Gasteiger partial charge in [0.1, 0.15) is 0 Å². The number of rotatable bonds is 4. The second-order valence-corrected chi connectivity index (χ2v) is 3.91. The summed E-state index contributed by atoms with van der Waals surface area (Å²) >= 11 is 0. The van der Waals surface area contributed by atoms with E-state index in [-0.39, 0.29) is 11.4 Å². The van der Waals surface area contributed by atoms with Gasteiger partial charge in [0.15, 0.2) is 0 Å². The van der Waals surface area contributed by atoms with E-state index in [0.29, 0.717) is 12.2 Å². The van der Waals surface area contributed by atoms with E-state index in [1.54, 1.807) is 6.92 Å². The second-order valence-electron chi connectivity index (χ2n) is 3.91. The summed E-state index contributed by atoms with van der Waals surface area (Å²) in [5.41, 5.74) is 0.573. The SMILES string of the molecule is COC(=O)C(C)=COCC1(C)COC1. The molecule has 1 rings (SSSR count). The van der Waals surface area contributed by atoms with Crippen molar-refractivity contribution in [3.8, 4) is 0 Å². The smallest absolute Gasteiger partial charge is 0.336 e. The van der Waals surface area contributed by atoms with Gasteiger partial charge in [0.05, 0.1) is 38.8 Å². The third kappa shape index (κ3) is 2.73. The molecule has 0 aliphatic carbocycles. The van der Waals surface area contributed by atoms with E-state index < -0.39 is 0 Å². The first-order chi connectivity index (χ1) is 6.57. The average Bonchev–Trinajstić information content (AvgIpc) is 2.13. The molecule has 1 fully saturated rings. The minimum absolute atomic E-state index is 0.104. The van der Waals surface area contributed by atoms with E-state index in [9.17, 15) is 4.79 Å². The normalized spacial score (nSPS) is 19.8. The zero-order valence-corrected chi connectivity index (χ0v) is 8.83. The molecule has 0 saturated carbocycles. The first-order valence-corrected chi connectivity index (χ1v) is 4.52. The van der Waals surface area contributed by atoms with E-state index in [1.807, 2.05) is 0 Å². The summed E-state index contributed by atoms with van der Waals surface area (Å²) in [4.78, 5) is 11.0. The molecule has 0 bridgehead atoms. The van der Waals surface area contributed by atoms with Crippen molar-refractivity contribution in [2.45, 2.75) is 13.8 Å². The first kappa shape index (κ1) is 11.0. The van der Waals surface area contributed by atoms with Crippen molar-refractivity contribution in [2.24, 2.45) is 5.41 Å². The summed E-state index contributed by atoms with van der Waals surface area (Å²) in [7, 11) is 1.35. The lowest BCUT2D eigenvalue weighted by Crippen LogP contribution is -2.43. The van der Waals surface area contributed by atoms with Crippen molar-refractivity contribution < 1.29 is 19.0 Å². The lowest BCUT2D eigenvalue weighted by molar-refractivity contribution is -0.137. The molecule has 1 heterocycles. The van der Waals surface area contributed by atoms with Gasteiger partial charge in [-0.15, -0.1) is 0 Å². The molecule has 0 radical (unpaired) electrons. The van der Waals surface area contributed by atoms with Crippen molar-refractivity contribution in [1.29, 1.82) is 0 Å². The van der Waals surface area contributed by atoms with Gasteiger partial charge in [0.25, 0.3) is 0 Å². The van der Waals surface area contributed by atoms with Crippen LogP contribution in [-0.4, -0.2) is 32.9 Å². The van der Waals surface area contributed by atoms with Crippen LogP contribution in [0.25, 0.3) is 0 Å². The maximum atomic E-state index is 11.0. The van der Waals surface area contributed by atoms with Gasteiger partial charge >= 0.3 is 5.97 Å². The molecular formula is C10H16O4. The number of carbonyl (C=O) groups excluding carboxylic acids is 1. The highest BCUT2D eigenvalue weighted by Gasteiger charge is 2.33. The predicted octanol–water partition coefficient (Wildman–Crippen LogP) is 1.12. The second kappa shape index (κ2) is 4.46. The molecule has 14 heavy (non-hydrogen) atoms. The standard InChI is InChI=1S/C10H16O4/c1-8(9(11)12-3)4-13-5-10(2)6-14-7-10/h4H,5-7H2,1-3H3. The number of hydrogen-bond acceptors (Lipinski definition) is 4. The van der Waals surface area contributed by atoms with Gasteiger partial charge in [-0.1, -0.05) is 6.92 Å². The predicted molar refractivity (Wildman–Crippen MR) is 50.7 cm³/mol. The van der Waals surface area contributed by atoms with Crippen LogP contribution in [-0.2, 0) is 19.0 Å². The summed E-state index contributed by atoms with van der Waals surface area (Å²) in [5, 5.41) is 0. The maximum Gasteiger partial charge on any atom is 0.336 e. The van der Waals surface area contributed by atoms with Gasteiger partial charge < -0.3 is 14.2 Å². The van der Waals surface area contributed by atoms with E-state index in [2.05, 4.69) is 11.7 Å². The molecule has 0 unspecified atom stereocenters. The lowest BCUT2D eigenvalue weighted by Gasteiger charge is -2.37. The van der Waals surface area contributed by atoms with Gasteiger partial charge in [-0.2, -0.15) is 0 Å². The largest absolute Gasteiger partial charge is 0.500 e. The summed E-state index contributed by atoms with van der Waals surface area (Å²) in [6.45, 7) is 5.75. The van der Waals surface area contributed by atoms with Crippen LogP contribution in [0.15, 0.2) is 11.8 Å². The fourth-order valence-corrected chi connectivity index (χ4v) is 1.11. The molecule has 1 aliphatic rings. The highest BCUT2D eigenvalue weighted by Crippen LogP contribution is 2.26. The summed E-state index contributed by atoms with van der Waals surface area (Å²) in [5.74, 6) is -0.361. The Hall–Kier alpha value is -1.03. The third-order valence-corrected chi connectivity index (χ3v) is 2.10. The Bertz CT molecular complexity index is 241. The molecule has 0 spiro atoms. The minimum atomic E-state index is -0.361. The monoisotopic (exact) mass is 200 g/mol. The van der Waals surface area contributed by atoms with Crippen LogP contribution in [0.5, 0.6) is 0 Å². The summed E-state index contributed by atoms with van der Waals surface area (Å²) in [6.07, 6.45) is 1.44. The van der Waals surface area contributed by atoms with Gasteiger partial charge in [0.2, 0.25) is 0 Å². The molecule has 1 saturated heterocycles. The molecule has 0 aromatic rings. The zero-order chi connectivity index (χ0) is 10.6. The molecule has 4 heteroatoms. The molecule has 0 amide bonds. The fraction of sp³-hybridized carbons (Fsp3) is 0.700. The number of methoxy groups -OCH3 is 1. The Morgan fingerprint density at radius 1 is 1.57 bits per heavy atom. The van der Waals surface area contributed by atoms with Crippen molar-refractivity contribution in [3.63, 3.8) is 0 Å². The van der Waals surface area contributed by atoms with Crippen LogP contribution < -0.4 is 0 Å². The van der Waals surface area contributed by atoms with Crippen molar-refractivity contribution in [1.82, 2.24) is 0 Å². The summed E-state index contributed by atoms with van der Waals surface area (Å²) in [6, 6.07) is 0. The molecule has 1 aliphatic heterocycles. The topological polar surface area (TPSA) is 44.8 Å². The first-order valence-electron chi connectivity index (χ1n) is 4.52. The number of esters is 1. The Balaban J connectivity index is 2.28. The Morgan fingerprint density at radius 2 is 2.21 bits per heavy atom. The highest BCUT2D eigenvalue weighted by atomic mass is 16.5. The number of hydrogen-bond donors (Lipinski definition) is 0. The molecular weight excluding hydrogens is 184 g/mol. The molecule has 4 nitrogen and oxygen atoms in total. The van der Waals surface area contributed by atoms with Crippen LogP contribution >= 0.6 is 0 Å². The Labute approximate surface area is 83.8 Å². The van der Waals surface area contributed by atoms with Gasteiger partial charge in [-0.05, 0) is 6.92 Å².